The Kier molecular flexibility index (Phi) is 3.86. The van der Waals surface area contributed by atoms with E-state index >= 15 is 0 Å². The third-order valence-electron chi connectivity index (χ3n) is 4.32. The van der Waals surface area contributed by atoms with Crippen LogP contribution >= 0.6 is 0 Å². The average molecular weight is 329 g/mol. The molecular formula is C21H19N3O. The van der Waals surface area contributed by atoms with Gasteiger partial charge in [0.1, 0.15) is 22.9 Å². The van der Waals surface area contributed by atoms with E-state index in [9.17, 15) is 5.11 Å². The molecule has 0 unspecified atom stereocenters. The van der Waals surface area contributed by atoms with Crippen molar-refractivity contribution in [1.29, 1.82) is 0 Å². The summed E-state index contributed by atoms with van der Waals surface area (Å²) in [5.74, 6) is 1.19. The summed E-state index contributed by atoms with van der Waals surface area (Å²) in [7, 11) is 0. The lowest BCUT2D eigenvalue weighted by molar-refractivity contribution is 0.475. The Morgan fingerprint density at radius 3 is 2.40 bits per heavy atom. The van der Waals surface area contributed by atoms with Crippen LogP contribution in [0.25, 0.3) is 16.9 Å². The number of anilines is 1. The number of hydrogen-bond donors (Lipinski definition) is 2. The first-order valence-electron chi connectivity index (χ1n) is 8.30. The molecule has 2 heterocycles. The van der Waals surface area contributed by atoms with Gasteiger partial charge in [-0.3, -0.25) is 4.40 Å². The molecule has 4 rings (SSSR count). The van der Waals surface area contributed by atoms with Crippen molar-refractivity contribution >= 4 is 11.5 Å². The molecule has 0 aliphatic rings. The first kappa shape index (κ1) is 15.3. The Morgan fingerprint density at radius 1 is 0.920 bits per heavy atom. The molecule has 4 aromatic rings. The molecule has 0 radical (unpaired) electrons. The normalized spacial score (nSPS) is 12.2. The molecule has 2 aromatic carbocycles. The number of imidazole rings is 1. The van der Waals surface area contributed by atoms with Crippen LogP contribution in [-0.2, 0) is 0 Å². The second-order valence-corrected chi connectivity index (χ2v) is 6.06. The molecule has 0 spiro atoms. The third kappa shape index (κ3) is 2.94. The number of nitrogens with one attached hydrogen (secondary N) is 1. The summed E-state index contributed by atoms with van der Waals surface area (Å²) in [5.41, 5.74) is 3.93. The number of fused-ring (bicyclic) bond motifs is 1. The van der Waals surface area contributed by atoms with Crippen LogP contribution in [0.4, 0.5) is 5.82 Å². The standard InChI is InChI=1S/C21H19N3O/c1-15(16-7-3-2-4-8-16)22-21-20(17-10-12-18(25)13-11-17)23-19-9-5-6-14-24(19)21/h2-15,22,25H,1H3/t15-/m0/s1. The van der Waals surface area contributed by atoms with Crippen molar-refractivity contribution in [3.8, 4) is 17.0 Å². The quantitative estimate of drug-likeness (QED) is 0.561. The van der Waals surface area contributed by atoms with E-state index in [1.807, 2.05) is 54.7 Å². The molecule has 124 valence electrons. The van der Waals surface area contributed by atoms with Crippen LogP contribution in [0, 0.1) is 0 Å². The maximum atomic E-state index is 9.57. The lowest BCUT2D eigenvalue weighted by atomic mass is 10.1. The molecule has 0 aliphatic carbocycles. The number of pyridine rings is 1. The van der Waals surface area contributed by atoms with E-state index in [4.69, 9.17) is 4.98 Å². The molecule has 0 aliphatic heterocycles. The SMILES string of the molecule is C[C@H](Nc1c(-c2ccc(O)cc2)nc2ccccn12)c1ccccc1. The molecule has 2 N–H and O–H groups in total. The summed E-state index contributed by atoms with van der Waals surface area (Å²) >= 11 is 0. The topological polar surface area (TPSA) is 49.6 Å². The highest BCUT2D eigenvalue weighted by Crippen LogP contribution is 2.32. The van der Waals surface area contributed by atoms with Gasteiger partial charge in [0, 0.05) is 17.8 Å². The van der Waals surface area contributed by atoms with E-state index in [0.29, 0.717) is 0 Å². The van der Waals surface area contributed by atoms with Crippen molar-refractivity contribution in [3.05, 3.63) is 84.6 Å². The van der Waals surface area contributed by atoms with Gasteiger partial charge < -0.3 is 10.4 Å². The van der Waals surface area contributed by atoms with Gasteiger partial charge in [0.25, 0.3) is 0 Å². The number of aromatic hydroxyl groups is 1. The van der Waals surface area contributed by atoms with Gasteiger partial charge in [-0.1, -0.05) is 36.4 Å². The molecule has 0 saturated heterocycles. The van der Waals surface area contributed by atoms with Gasteiger partial charge in [0.2, 0.25) is 0 Å². The monoisotopic (exact) mass is 329 g/mol. The molecule has 0 saturated carbocycles. The number of phenols is 1. The second-order valence-electron chi connectivity index (χ2n) is 6.06. The van der Waals surface area contributed by atoms with Gasteiger partial charge in [-0.05, 0) is 48.9 Å². The smallest absolute Gasteiger partial charge is 0.139 e. The van der Waals surface area contributed by atoms with E-state index in [2.05, 4.69) is 28.8 Å². The third-order valence-corrected chi connectivity index (χ3v) is 4.32. The highest BCUT2D eigenvalue weighted by Gasteiger charge is 2.16. The van der Waals surface area contributed by atoms with Crippen LogP contribution in [0.3, 0.4) is 0 Å². The van der Waals surface area contributed by atoms with E-state index in [-0.39, 0.29) is 11.8 Å². The average Bonchev–Trinajstić information content (AvgIpc) is 3.02. The fourth-order valence-corrected chi connectivity index (χ4v) is 2.98. The Hall–Kier alpha value is -3.27. The van der Waals surface area contributed by atoms with Crippen LogP contribution in [0.2, 0.25) is 0 Å². The summed E-state index contributed by atoms with van der Waals surface area (Å²) in [4.78, 5) is 4.78. The first-order valence-corrected chi connectivity index (χ1v) is 8.30. The van der Waals surface area contributed by atoms with E-state index in [1.165, 1.54) is 5.56 Å². The van der Waals surface area contributed by atoms with Crippen molar-refractivity contribution < 1.29 is 5.11 Å². The molecule has 4 heteroatoms. The van der Waals surface area contributed by atoms with Gasteiger partial charge in [-0.25, -0.2) is 4.98 Å². The van der Waals surface area contributed by atoms with Crippen LogP contribution < -0.4 is 5.32 Å². The largest absolute Gasteiger partial charge is 0.508 e. The second kappa shape index (κ2) is 6.32. The Balaban J connectivity index is 1.81. The van der Waals surface area contributed by atoms with Gasteiger partial charge in [0.05, 0.1) is 0 Å². The van der Waals surface area contributed by atoms with Crippen molar-refractivity contribution in [3.63, 3.8) is 0 Å². The summed E-state index contributed by atoms with van der Waals surface area (Å²) in [5, 5.41) is 13.2. The van der Waals surface area contributed by atoms with Crippen molar-refractivity contribution in [2.24, 2.45) is 0 Å². The molecular weight excluding hydrogens is 310 g/mol. The number of aromatic nitrogens is 2. The van der Waals surface area contributed by atoms with E-state index in [1.54, 1.807) is 12.1 Å². The summed E-state index contributed by atoms with van der Waals surface area (Å²) < 4.78 is 2.06. The van der Waals surface area contributed by atoms with Gasteiger partial charge in [-0.2, -0.15) is 0 Å². The molecule has 1 atom stereocenters. The predicted molar refractivity (Wildman–Crippen MR) is 101 cm³/mol. The van der Waals surface area contributed by atoms with E-state index < -0.39 is 0 Å². The molecule has 2 aromatic heterocycles. The summed E-state index contributed by atoms with van der Waals surface area (Å²) in [6.07, 6.45) is 2.01. The van der Waals surface area contributed by atoms with Crippen LogP contribution in [-0.4, -0.2) is 14.5 Å². The van der Waals surface area contributed by atoms with E-state index in [0.717, 1.165) is 22.7 Å². The van der Waals surface area contributed by atoms with Crippen molar-refractivity contribution in [2.75, 3.05) is 5.32 Å². The minimum absolute atomic E-state index is 0.136. The summed E-state index contributed by atoms with van der Waals surface area (Å²) in [6.45, 7) is 2.14. The fourth-order valence-electron chi connectivity index (χ4n) is 2.98. The maximum Gasteiger partial charge on any atom is 0.139 e. The first-order chi connectivity index (χ1) is 12.2. The molecule has 0 bridgehead atoms. The zero-order chi connectivity index (χ0) is 17.2. The highest BCUT2D eigenvalue weighted by atomic mass is 16.3. The number of rotatable bonds is 4. The van der Waals surface area contributed by atoms with Crippen LogP contribution in [0.15, 0.2) is 79.0 Å². The number of nitrogens with zero attached hydrogens (tertiary/aromatic N) is 2. The number of hydrogen-bond acceptors (Lipinski definition) is 3. The van der Waals surface area contributed by atoms with Gasteiger partial charge >= 0.3 is 0 Å². The van der Waals surface area contributed by atoms with Crippen LogP contribution in [0.1, 0.15) is 18.5 Å². The minimum atomic E-state index is 0.136. The molecule has 0 amide bonds. The molecule has 0 fully saturated rings. The maximum absolute atomic E-state index is 9.57. The van der Waals surface area contributed by atoms with Gasteiger partial charge in [-0.15, -0.1) is 0 Å². The Labute approximate surface area is 146 Å². The van der Waals surface area contributed by atoms with Crippen LogP contribution in [0.5, 0.6) is 5.75 Å². The summed E-state index contributed by atoms with van der Waals surface area (Å²) in [6, 6.07) is 23.6. The molecule has 4 nitrogen and oxygen atoms in total. The highest BCUT2D eigenvalue weighted by molar-refractivity contribution is 5.77. The van der Waals surface area contributed by atoms with Crippen molar-refractivity contribution in [2.45, 2.75) is 13.0 Å². The predicted octanol–water partition coefficient (Wildman–Crippen LogP) is 4.88. The fraction of sp³-hybridized carbons (Fsp3) is 0.0952. The molecule has 25 heavy (non-hydrogen) atoms. The zero-order valence-electron chi connectivity index (χ0n) is 13.9. The Morgan fingerprint density at radius 2 is 1.64 bits per heavy atom. The van der Waals surface area contributed by atoms with Gasteiger partial charge in [0.15, 0.2) is 0 Å². The number of phenolic OH excluding ortho intramolecular Hbond substituents is 1. The lowest BCUT2D eigenvalue weighted by Gasteiger charge is -2.16. The minimum Gasteiger partial charge on any atom is -0.508 e. The lowest BCUT2D eigenvalue weighted by Crippen LogP contribution is -2.09. The van der Waals surface area contributed by atoms with Crippen molar-refractivity contribution in [1.82, 2.24) is 9.38 Å². The number of benzene rings is 2. The zero-order valence-corrected chi connectivity index (χ0v) is 13.9. The Bertz CT molecular complexity index is 991.